The molecule has 2 rings (SSSR count). The Morgan fingerprint density at radius 3 is 1.36 bits per heavy atom. The molecule has 0 amide bonds. The zero-order valence-corrected chi connectivity index (χ0v) is 9.50. The number of hydrogen-bond acceptors (Lipinski definition) is 1. The Bertz CT molecular complexity index is 381. The lowest BCUT2D eigenvalue weighted by Gasteiger charge is -2.01. The van der Waals surface area contributed by atoms with E-state index in [1.165, 1.54) is 10.4 Å². The second kappa shape index (κ2) is 4.40. The largest absolute Gasteiger partial charge is 0.162 e. The topological polar surface area (TPSA) is 0 Å². The lowest BCUT2D eigenvalue weighted by atomic mass is 10.4. The third-order valence-corrected chi connectivity index (χ3v) is 5.20. The van der Waals surface area contributed by atoms with Crippen molar-refractivity contribution in [2.45, 2.75) is 0 Å². The van der Waals surface area contributed by atoms with Gasteiger partial charge in [0.1, 0.15) is 0 Å². The molecule has 0 aliphatic carbocycles. The maximum atomic E-state index is 5.57. The zero-order valence-electron chi connectivity index (χ0n) is 7.68. The average molecular weight is 214 g/mol. The highest BCUT2D eigenvalue weighted by Gasteiger charge is 2.03. The van der Waals surface area contributed by atoms with Crippen LogP contribution < -0.4 is 10.4 Å². The minimum absolute atomic E-state index is 0.961. The Kier molecular flexibility index (Phi) is 2.96. The van der Waals surface area contributed by atoms with Gasteiger partial charge < -0.3 is 0 Å². The first kappa shape index (κ1) is 9.43. The van der Waals surface area contributed by atoms with Crippen molar-refractivity contribution in [3.8, 4) is 0 Å². The molecule has 0 bridgehead atoms. The summed E-state index contributed by atoms with van der Waals surface area (Å²) in [7, 11) is -0.961. The number of rotatable bonds is 2. The zero-order chi connectivity index (χ0) is 9.80. The van der Waals surface area contributed by atoms with Crippen LogP contribution in [0.4, 0.5) is 0 Å². The molecule has 0 unspecified atom stereocenters. The monoisotopic (exact) mass is 214 g/mol. The van der Waals surface area contributed by atoms with Gasteiger partial charge in [-0.2, -0.15) is 0 Å². The van der Waals surface area contributed by atoms with Crippen LogP contribution in [0.2, 0.25) is 0 Å². The Hall–Kier alpha value is -1.12. The van der Waals surface area contributed by atoms with E-state index in [2.05, 4.69) is 48.5 Å². The quantitative estimate of drug-likeness (QED) is 0.689. The molecular formula is C12H10SSi. The first-order chi connectivity index (χ1) is 6.88. The lowest BCUT2D eigenvalue weighted by molar-refractivity contribution is 1.75. The van der Waals surface area contributed by atoms with Gasteiger partial charge in [0.15, 0.2) is 7.50 Å². The van der Waals surface area contributed by atoms with E-state index in [0.29, 0.717) is 0 Å². The minimum Gasteiger partial charge on any atom is -0.127 e. The molecule has 0 aromatic heterocycles. The molecule has 14 heavy (non-hydrogen) atoms. The smallest absolute Gasteiger partial charge is 0.127 e. The normalized spacial score (nSPS) is 9.71. The summed E-state index contributed by atoms with van der Waals surface area (Å²) in [6.07, 6.45) is 0. The van der Waals surface area contributed by atoms with Crippen LogP contribution in [0.15, 0.2) is 60.7 Å². The van der Waals surface area contributed by atoms with Crippen LogP contribution in [0.1, 0.15) is 0 Å². The molecule has 0 spiro atoms. The highest BCUT2D eigenvalue weighted by molar-refractivity contribution is 7.91. The van der Waals surface area contributed by atoms with Crippen molar-refractivity contribution in [3.63, 3.8) is 0 Å². The molecule has 2 heteroatoms. The Morgan fingerprint density at radius 1 is 0.643 bits per heavy atom. The van der Waals surface area contributed by atoms with Gasteiger partial charge in [0.05, 0.1) is 0 Å². The van der Waals surface area contributed by atoms with Crippen LogP contribution in [0.5, 0.6) is 0 Å². The summed E-state index contributed by atoms with van der Waals surface area (Å²) in [5.41, 5.74) is 0. The van der Waals surface area contributed by atoms with Crippen molar-refractivity contribution in [2.75, 3.05) is 0 Å². The lowest BCUT2D eigenvalue weighted by Crippen LogP contribution is -2.31. The molecule has 68 valence electrons. The first-order valence-corrected chi connectivity index (χ1v) is 7.16. The van der Waals surface area contributed by atoms with E-state index in [1.807, 2.05) is 12.1 Å². The summed E-state index contributed by atoms with van der Waals surface area (Å²) in [6.45, 7) is 0. The van der Waals surface area contributed by atoms with E-state index in [9.17, 15) is 0 Å². The van der Waals surface area contributed by atoms with E-state index in [0.717, 1.165) is 0 Å². The first-order valence-electron chi connectivity index (χ1n) is 4.53. The van der Waals surface area contributed by atoms with Gasteiger partial charge in [0.25, 0.3) is 0 Å². The molecule has 0 heterocycles. The fraction of sp³-hybridized carbons (Fsp3) is 0. The predicted molar refractivity (Wildman–Crippen MR) is 65.5 cm³/mol. The maximum absolute atomic E-state index is 5.57. The van der Waals surface area contributed by atoms with Crippen LogP contribution >= 0.6 is 11.6 Å². The fourth-order valence-electron chi connectivity index (χ4n) is 1.35. The molecule has 2 aromatic carbocycles. The summed E-state index contributed by atoms with van der Waals surface area (Å²) in [5.74, 6) is 0. The third kappa shape index (κ3) is 2.03. The maximum Gasteiger partial charge on any atom is 0.162 e. The molecule has 0 saturated heterocycles. The second-order valence-electron chi connectivity index (χ2n) is 3.06. The van der Waals surface area contributed by atoms with E-state index < -0.39 is 7.50 Å². The third-order valence-electron chi connectivity index (χ3n) is 2.07. The summed E-state index contributed by atoms with van der Waals surface area (Å²) < 4.78 is 0. The van der Waals surface area contributed by atoms with Crippen molar-refractivity contribution in [1.82, 2.24) is 0 Å². The predicted octanol–water partition coefficient (Wildman–Crippen LogP) is 1.99. The summed E-state index contributed by atoms with van der Waals surface area (Å²) >= 11 is 5.57. The van der Waals surface area contributed by atoms with Crippen LogP contribution in [-0.2, 0) is 0 Å². The van der Waals surface area contributed by atoms with Crippen LogP contribution in [0.3, 0.4) is 0 Å². The van der Waals surface area contributed by atoms with Gasteiger partial charge in [0.2, 0.25) is 0 Å². The standard InChI is InChI=1S/C12H10SSi/c13-14(11-7-3-1-4-8-11)12-9-5-2-6-10-12/h1-10H. The van der Waals surface area contributed by atoms with Gasteiger partial charge in [0, 0.05) is 0 Å². The van der Waals surface area contributed by atoms with Gasteiger partial charge in [-0.1, -0.05) is 60.7 Å². The molecular weight excluding hydrogens is 204 g/mol. The molecule has 0 saturated carbocycles. The van der Waals surface area contributed by atoms with Crippen LogP contribution in [-0.4, -0.2) is 7.50 Å². The molecule has 0 aliphatic rings. The Balaban J connectivity index is 2.35. The van der Waals surface area contributed by atoms with Crippen molar-refractivity contribution >= 4 is 29.5 Å². The van der Waals surface area contributed by atoms with Gasteiger partial charge >= 0.3 is 0 Å². The second-order valence-corrected chi connectivity index (χ2v) is 6.10. The Morgan fingerprint density at radius 2 is 1.00 bits per heavy atom. The van der Waals surface area contributed by atoms with Crippen molar-refractivity contribution in [1.29, 1.82) is 0 Å². The molecule has 0 atom stereocenters. The average Bonchev–Trinajstić information content (AvgIpc) is 2.30. The van der Waals surface area contributed by atoms with Gasteiger partial charge in [-0.05, 0) is 10.4 Å². The number of hydrogen-bond donors (Lipinski definition) is 0. The van der Waals surface area contributed by atoms with E-state index >= 15 is 0 Å². The van der Waals surface area contributed by atoms with Crippen LogP contribution in [0.25, 0.3) is 0 Å². The SMILES string of the molecule is S=[Si](c1ccccc1)c1ccccc1. The Labute approximate surface area is 90.4 Å². The fourth-order valence-corrected chi connectivity index (χ4v) is 3.49. The molecule has 0 aliphatic heterocycles. The molecule has 0 fully saturated rings. The molecule has 0 nitrogen and oxygen atoms in total. The van der Waals surface area contributed by atoms with Crippen molar-refractivity contribution in [2.24, 2.45) is 0 Å². The highest BCUT2D eigenvalue weighted by Crippen LogP contribution is 1.88. The highest BCUT2D eigenvalue weighted by atomic mass is 32.2. The van der Waals surface area contributed by atoms with E-state index in [4.69, 9.17) is 11.6 Å². The van der Waals surface area contributed by atoms with E-state index in [-0.39, 0.29) is 0 Å². The molecule has 0 radical (unpaired) electrons. The minimum atomic E-state index is -0.961. The molecule has 0 N–H and O–H groups in total. The van der Waals surface area contributed by atoms with Gasteiger partial charge in [-0.15, -0.1) is 11.6 Å². The van der Waals surface area contributed by atoms with E-state index in [1.54, 1.807) is 0 Å². The summed E-state index contributed by atoms with van der Waals surface area (Å²) in [6, 6.07) is 20.7. The summed E-state index contributed by atoms with van der Waals surface area (Å²) in [4.78, 5) is 0. The van der Waals surface area contributed by atoms with Crippen molar-refractivity contribution in [3.05, 3.63) is 60.7 Å². The summed E-state index contributed by atoms with van der Waals surface area (Å²) in [5, 5.41) is 2.58. The van der Waals surface area contributed by atoms with Crippen LogP contribution in [0, 0.1) is 0 Å². The van der Waals surface area contributed by atoms with Crippen molar-refractivity contribution < 1.29 is 0 Å². The van der Waals surface area contributed by atoms with Gasteiger partial charge in [-0.25, -0.2) is 0 Å². The van der Waals surface area contributed by atoms with Gasteiger partial charge in [-0.3, -0.25) is 0 Å². The molecule has 2 aromatic rings. The number of benzene rings is 2.